The molecule has 0 spiro atoms. The summed E-state index contributed by atoms with van der Waals surface area (Å²) in [5.74, 6) is -0.207. The average Bonchev–Trinajstić information content (AvgIpc) is 2.77. The zero-order valence-electron chi connectivity index (χ0n) is 17.0. The number of carbonyl (C=O) groups excluding carboxylic acids is 2. The van der Waals surface area contributed by atoms with E-state index in [9.17, 15) is 22.8 Å². The summed E-state index contributed by atoms with van der Waals surface area (Å²) < 4.78 is 49.3. The highest BCUT2D eigenvalue weighted by molar-refractivity contribution is 6.30. The Morgan fingerprint density at radius 1 is 1.12 bits per heavy atom. The molecule has 172 valence electrons. The number of ether oxygens (including phenoxy) is 2. The molecule has 2 atom stereocenters. The minimum atomic E-state index is -4.44. The van der Waals surface area contributed by atoms with Gasteiger partial charge in [0.15, 0.2) is 6.61 Å². The van der Waals surface area contributed by atoms with Crippen LogP contribution in [0.1, 0.15) is 24.0 Å². The molecule has 6 nitrogen and oxygen atoms in total. The lowest BCUT2D eigenvalue weighted by atomic mass is 10.0. The van der Waals surface area contributed by atoms with Crippen LogP contribution in [0.2, 0.25) is 5.02 Å². The molecule has 0 saturated carbocycles. The van der Waals surface area contributed by atoms with E-state index in [0.717, 1.165) is 12.1 Å². The lowest BCUT2D eigenvalue weighted by molar-refractivity contribution is -0.138. The number of benzene rings is 2. The topological polar surface area (TPSA) is 76.7 Å². The maximum Gasteiger partial charge on any atom is 0.416 e. The molecule has 0 aliphatic carbocycles. The van der Waals surface area contributed by atoms with Crippen molar-refractivity contribution in [2.24, 2.45) is 0 Å². The molecule has 2 aromatic rings. The number of nitrogens with one attached hydrogen (secondary N) is 2. The number of amides is 2. The van der Waals surface area contributed by atoms with Crippen LogP contribution in [-0.4, -0.2) is 37.2 Å². The molecule has 3 rings (SSSR count). The van der Waals surface area contributed by atoms with Crippen molar-refractivity contribution in [2.45, 2.75) is 37.7 Å². The van der Waals surface area contributed by atoms with Crippen molar-refractivity contribution in [3.8, 4) is 5.75 Å². The van der Waals surface area contributed by atoms with Gasteiger partial charge >= 0.3 is 6.18 Å². The van der Waals surface area contributed by atoms with Crippen LogP contribution >= 0.6 is 11.6 Å². The molecule has 1 aliphatic heterocycles. The molecule has 1 saturated heterocycles. The molecule has 2 amide bonds. The van der Waals surface area contributed by atoms with E-state index in [0.29, 0.717) is 29.2 Å². The number of hydrogen-bond donors (Lipinski definition) is 2. The standard InChI is InChI=1S/C22H22ClF3N2O4/c23-16-4-7-18(8-5-16)31-13-20(29)28-17-6-9-19(32-12-17)21(30)27-11-14-2-1-3-15(10-14)22(24,25)26/h1-5,7-8,10,17,19H,6,9,11-13H2,(H,27,30)(H,28,29)/t17-,19+/m1/s1. The minimum absolute atomic E-state index is 0.0369. The van der Waals surface area contributed by atoms with E-state index in [1.54, 1.807) is 24.3 Å². The fourth-order valence-electron chi connectivity index (χ4n) is 3.18. The first-order valence-electron chi connectivity index (χ1n) is 9.94. The molecular formula is C22H22ClF3N2O4. The van der Waals surface area contributed by atoms with Gasteiger partial charge in [0.25, 0.3) is 5.91 Å². The van der Waals surface area contributed by atoms with Gasteiger partial charge in [0.1, 0.15) is 11.9 Å². The molecule has 2 aromatic carbocycles. The Bertz CT molecular complexity index is 930. The molecule has 1 fully saturated rings. The lowest BCUT2D eigenvalue weighted by Gasteiger charge is -2.29. The van der Waals surface area contributed by atoms with Crippen molar-refractivity contribution >= 4 is 23.4 Å². The van der Waals surface area contributed by atoms with Crippen LogP contribution in [0.15, 0.2) is 48.5 Å². The second-order valence-electron chi connectivity index (χ2n) is 7.32. The first kappa shape index (κ1) is 23.9. The first-order valence-corrected chi connectivity index (χ1v) is 10.3. The maximum atomic E-state index is 12.8. The normalized spacial score (nSPS) is 18.6. The van der Waals surface area contributed by atoms with E-state index in [4.69, 9.17) is 21.1 Å². The van der Waals surface area contributed by atoms with Crippen molar-refractivity contribution in [3.63, 3.8) is 0 Å². The van der Waals surface area contributed by atoms with Gasteiger partial charge < -0.3 is 20.1 Å². The fourth-order valence-corrected chi connectivity index (χ4v) is 3.31. The smallest absolute Gasteiger partial charge is 0.416 e. The van der Waals surface area contributed by atoms with Crippen molar-refractivity contribution in [2.75, 3.05) is 13.2 Å². The molecule has 0 aromatic heterocycles. The summed E-state index contributed by atoms with van der Waals surface area (Å²) in [5.41, 5.74) is -0.424. The van der Waals surface area contributed by atoms with Gasteiger partial charge in [-0.2, -0.15) is 13.2 Å². The minimum Gasteiger partial charge on any atom is -0.484 e. The highest BCUT2D eigenvalue weighted by Gasteiger charge is 2.31. The van der Waals surface area contributed by atoms with E-state index in [-0.39, 0.29) is 31.7 Å². The Morgan fingerprint density at radius 3 is 2.53 bits per heavy atom. The van der Waals surface area contributed by atoms with Crippen LogP contribution < -0.4 is 15.4 Å². The second kappa shape index (κ2) is 10.7. The molecule has 10 heteroatoms. The van der Waals surface area contributed by atoms with Crippen LogP contribution in [0, 0.1) is 0 Å². The predicted octanol–water partition coefficient (Wildman–Crippen LogP) is 3.72. The van der Waals surface area contributed by atoms with Gasteiger partial charge in [-0.05, 0) is 54.8 Å². The molecule has 32 heavy (non-hydrogen) atoms. The van der Waals surface area contributed by atoms with Gasteiger partial charge in [-0.25, -0.2) is 0 Å². The third-order valence-corrected chi connectivity index (χ3v) is 5.09. The number of alkyl halides is 3. The predicted molar refractivity (Wildman–Crippen MR) is 111 cm³/mol. The second-order valence-corrected chi connectivity index (χ2v) is 7.76. The zero-order chi connectivity index (χ0) is 23.1. The molecule has 0 bridgehead atoms. The van der Waals surface area contributed by atoms with Crippen LogP contribution in [0.25, 0.3) is 0 Å². The third kappa shape index (κ3) is 7.13. The summed E-state index contributed by atoms with van der Waals surface area (Å²) in [4.78, 5) is 24.3. The summed E-state index contributed by atoms with van der Waals surface area (Å²) >= 11 is 5.79. The van der Waals surface area contributed by atoms with E-state index < -0.39 is 23.8 Å². The highest BCUT2D eigenvalue weighted by Crippen LogP contribution is 2.29. The Kier molecular flexibility index (Phi) is 7.98. The van der Waals surface area contributed by atoms with E-state index >= 15 is 0 Å². The quantitative estimate of drug-likeness (QED) is 0.646. The number of rotatable bonds is 7. The first-order chi connectivity index (χ1) is 15.2. The maximum absolute atomic E-state index is 12.8. The van der Waals surface area contributed by atoms with E-state index in [1.807, 2.05) is 0 Å². The van der Waals surface area contributed by atoms with Gasteiger partial charge in [-0.3, -0.25) is 9.59 Å². The number of halogens is 4. The molecule has 2 N–H and O–H groups in total. The van der Waals surface area contributed by atoms with Crippen molar-refractivity contribution in [3.05, 3.63) is 64.7 Å². The molecule has 1 heterocycles. The van der Waals surface area contributed by atoms with Crippen LogP contribution in [0.5, 0.6) is 5.75 Å². The number of carbonyl (C=O) groups is 2. The Hall–Kier alpha value is -2.78. The molecule has 0 radical (unpaired) electrons. The van der Waals surface area contributed by atoms with Gasteiger partial charge in [0.05, 0.1) is 18.2 Å². The summed E-state index contributed by atoms with van der Waals surface area (Å²) in [6.45, 7) is -0.0574. The zero-order valence-corrected chi connectivity index (χ0v) is 17.7. The van der Waals surface area contributed by atoms with Gasteiger partial charge in [-0.15, -0.1) is 0 Å². The monoisotopic (exact) mass is 470 g/mol. The van der Waals surface area contributed by atoms with Crippen LogP contribution in [0.3, 0.4) is 0 Å². The van der Waals surface area contributed by atoms with Crippen LogP contribution in [0.4, 0.5) is 13.2 Å². The van der Waals surface area contributed by atoms with Gasteiger partial charge in [0, 0.05) is 11.6 Å². The number of hydrogen-bond acceptors (Lipinski definition) is 4. The van der Waals surface area contributed by atoms with Crippen molar-refractivity contribution in [1.82, 2.24) is 10.6 Å². The van der Waals surface area contributed by atoms with E-state index in [1.165, 1.54) is 12.1 Å². The SMILES string of the molecule is O=C(COc1ccc(Cl)cc1)N[C@@H]1CC[C@@H](C(=O)NCc2cccc(C(F)(F)F)c2)OC1. The molecule has 1 aliphatic rings. The Morgan fingerprint density at radius 2 is 1.88 bits per heavy atom. The lowest BCUT2D eigenvalue weighted by Crippen LogP contribution is -2.48. The fraction of sp³-hybridized carbons (Fsp3) is 0.364. The molecular weight excluding hydrogens is 449 g/mol. The van der Waals surface area contributed by atoms with Gasteiger partial charge in [-0.1, -0.05) is 23.7 Å². The average molecular weight is 471 g/mol. The summed E-state index contributed by atoms with van der Waals surface area (Å²) in [5, 5.41) is 5.95. The van der Waals surface area contributed by atoms with Gasteiger partial charge in [0.2, 0.25) is 5.91 Å². The highest BCUT2D eigenvalue weighted by atomic mass is 35.5. The summed E-state index contributed by atoms with van der Waals surface area (Å²) in [6.07, 6.45) is -4.27. The van der Waals surface area contributed by atoms with Crippen molar-refractivity contribution in [1.29, 1.82) is 0 Å². The Balaban J connectivity index is 1.38. The largest absolute Gasteiger partial charge is 0.484 e. The van der Waals surface area contributed by atoms with Crippen LogP contribution in [-0.2, 0) is 27.0 Å². The summed E-state index contributed by atoms with van der Waals surface area (Å²) in [7, 11) is 0. The third-order valence-electron chi connectivity index (χ3n) is 4.84. The Labute approximate surface area is 188 Å². The summed E-state index contributed by atoms with van der Waals surface area (Å²) in [6, 6.07) is 11.1. The van der Waals surface area contributed by atoms with E-state index in [2.05, 4.69) is 10.6 Å². The van der Waals surface area contributed by atoms with Crippen molar-refractivity contribution < 1.29 is 32.2 Å². The molecule has 0 unspecified atom stereocenters.